The van der Waals surface area contributed by atoms with Crippen molar-refractivity contribution in [2.24, 2.45) is 17.4 Å². The third-order valence-electron chi connectivity index (χ3n) is 6.15. The molecule has 9 N–H and O–H groups in total. The van der Waals surface area contributed by atoms with Gasteiger partial charge in [-0.1, -0.05) is 56.3 Å². The number of carbonyl (C=O) groups is 4. The first-order chi connectivity index (χ1) is 19.8. The maximum atomic E-state index is 13.0. The zero-order valence-corrected chi connectivity index (χ0v) is 24.5. The van der Waals surface area contributed by atoms with Gasteiger partial charge in [0.1, 0.15) is 17.8 Å². The molecule has 0 saturated heterocycles. The van der Waals surface area contributed by atoms with E-state index in [4.69, 9.17) is 11.5 Å². The van der Waals surface area contributed by atoms with Gasteiger partial charge in [0.25, 0.3) is 0 Å². The molecule has 0 aliphatic rings. The van der Waals surface area contributed by atoms with Crippen molar-refractivity contribution in [1.29, 1.82) is 0 Å². The number of hydrogen-bond acceptors (Lipinski definition) is 8. The van der Waals surface area contributed by atoms with Crippen LogP contribution in [0.1, 0.15) is 31.4 Å². The Kier molecular flexibility index (Phi) is 13.4. The number of phenolic OH excluding ortho intramolecular Hbond substituents is 1. The van der Waals surface area contributed by atoms with Gasteiger partial charge in [0.2, 0.25) is 33.7 Å². The molecule has 13 nitrogen and oxygen atoms in total. The Morgan fingerprint density at radius 3 is 2.07 bits per heavy atom. The minimum atomic E-state index is -3.98. The summed E-state index contributed by atoms with van der Waals surface area (Å²) >= 11 is 0. The van der Waals surface area contributed by atoms with Gasteiger partial charge in [-0.25, -0.2) is 13.1 Å². The monoisotopic (exact) mass is 604 g/mol. The lowest BCUT2D eigenvalue weighted by molar-refractivity contribution is -0.131. The number of primary amides is 1. The fraction of sp³-hybridized carbons (Fsp3) is 0.429. The molecule has 2 aromatic carbocycles. The number of rotatable bonds is 17. The quantitative estimate of drug-likeness (QED) is 0.119. The highest BCUT2D eigenvalue weighted by Crippen LogP contribution is 2.11. The van der Waals surface area contributed by atoms with E-state index in [-0.39, 0.29) is 31.1 Å². The molecule has 230 valence electrons. The van der Waals surface area contributed by atoms with Crippen LogP contribution in [0, 0.1) is 5.92 Å². The Bertz CT molecular complexity index is 1300. The van der Waals surface area contributed by atoms with Gasteiger partial charge >= 0.3 is 0 Å². The molecule has 3 atom stereocenters. The number of nitrogens with two attached hydrogens (primary N) is 2. The average molecular weight is 605 g/mol. The van der Waals surface area contributed by atoms with E-state index in [1.54, 1.807) is 42.5 Å². The Morgan fingerprint density at radius 1 is 0.857 bits per heavy atom. The smallest absolute Gasteiger partial charge is 0.243 e. The Hall–Kier alpha value is -4.01. The first-order valence-corrected chi connectivity index (χ1v) is 15.1. The lowest BCUT2D eigenvalue weighted by Gasteiger charge is -2.23. The standard InChI is InChI=1S/C28H40N6O7S/c1-18(2)14-23(26(30)37)34-28(39)24(16-19-6-4-3-5-7-19)33-25(36)17-32-42(40,41)13-12-31-27(38)22(29)15-20-8-10-21(35)11-9-20/h3-11,18,22-24,32,35H,12-17,29H2,1-2H3,(H2,30,37)(H,31,38)(H,33,36)(H,34,39)/t22-,23-,24-/m0/s1. The van der Waals surface area contributed by atoms with Crippen LogP contribution in [0.5, 0.6) is 5.75 Å². The van der Waals surface area contributed by atoms with Crippen LogP contribution in [0.4, 0.5) is 0 Å². The van der Waals surface area contributed by atoms with Crippen LogP contribution in [0.15, 0.2) is 54.6 Å². The molecule has 0 aromatic heterocycles. The first-order valence-electron chi connectivity index (χ1n) is 13.5. The predicted molar refractivity (Wildman–Crippen MR) is 157 cm³/mol. The molecule has 0 aliphatic heterocycles. The number of carbonyl (C=O) groups excluding carboxylic acids is 4. The van der Waals surface area contributed by atoms with Crippen LogP contribution in [-0.2, 0) is 42.0 Å². The van der Waals surface area contributed by atoms with Crippen molar-refractivity contribution in [2.45, 2.75) is 51.2 Å². The summed E-state index contributed by atoms with van der Waals surface area (Å²) in [6, 6.07) is 12.1. The lowest BCUT2D eigenvalue weighted by Crippen LogP contribution is -2.55. The summed E-state index contributed by atoms with van der Waals surface area (Å²) in [5.74, 6) is -3.03. The fourth-order valence-corrected chi connectivity index (χ4v) is 4.83. The molecular formula is C28H40N6O7S. The number of amides is 4. The second-order valence-electron chi connectivity index (χ2n) is 10.3. The number of sulfonamides is 1. The summed E-state index contributed by atoms with van der Waals surface area (Å²) in [4.78, 5) is 49.8. The molecule has 0 saturated carbocycles. The van der Waals surface area contributed by atoms with E-state index in [9.17, 15) is 32.7 Å². The van der Waals surface area contributed by atoms with E-state index in [1.165, 1.54) is 12.1 Å². The molecule has 4 amide bonds. The highest BCUT2D eigenvalue weighted by Gasteiger charge is 2.27. The SMILES string of the molecule is CC(C)C[C@H](NC(=O)[C@H](Cc1ccccc1)NC(=O)CNS(=O)(=O)CCNC(=O)[C@@H](N)Cc1ccc(O)cc1)C(N)=O. The molecule has 0 fully saturated rings. The highest BCUT2D eigenvalue weighted by atomic mass is 32.2. The molecule has 14 heteroatoms. The maximum absolute atomic E-state index is 13.0. The summed E-state index contributed by atoms with van der Waals surface area (Å²) in [7, 11) is -3.98. The predicted octanol–water partition coefficient (Wildman–Crippen LogP) is -0.959. The molecule has 0 unspecified atom stereocenters. The Labute approximate surface area is 245 Å². The van der Waals surface area contributed by atoms with E-state index < -0.39 is 64.1 Å². The summed E-state index contributed by atoms with van der Waals surface area (Å²) in [6.45, 7) is 2.84. The highest BCUT2D eigenvalue weighted by molar-refractivity contribution is 7.89. The summed E-state index contributed by atoms with van der Waals surface area (Å²) in [6.07, 6.45) is 0.590. The van der Waals surface area contributed by atoms with Crippen molar-refractivity contribution in [3.05, 3.63) is 65.7 Å². The van der Waals surface area contributed by atoms with E-state index in [1.807, 2.05) is 13.8 Å². The fourth-order valence-electron chi connectivity index (χ4n) is 3.96. The van der Waals surface area contributed by atoms with Gasteiger partial charge in [-0.2, -0.15) is 0 Å². The van der Waals surface area contributed by atoms with Crippen molar-refractivity contribution < 1.29 is 32.7 Å². The third-order valence-corrected chi connectivity index (χ3v) is 7.48. The van der Waals surface area contributed by atoms with Gasteiger partial charge < -0.3 is 32.5 Å². The topological polar surface area (TPSA) is 223 Å². The van der Waals surface area contributed by atoms with Gasteiger partial charge in [-0.3, -0.25) is 19.2 Å². The normalized spacial score (nSPS) is 13.5. The molecule has 0 bridgehead atoms. The Balaban J connectivity index is 1.90. The number of hydrogen-bond donors (Lipinski definition) is 7. The van der Waals surface area contributed by atoms with Gasteiger partial charge in [0.15, 0.2) is 0 Å². The van der Waals surface area contributed by atoms with Crippen LogP contribution < -0.4 is 32.1 Å². The molecule has 2 rings (SSSR count). The lowest BCUT2D eigenvalue weighted by atomic mass is 10.0. The third kappa shape index (κ3) is 12.7. The molecule has 0 radical (unpaired) electrons. The largest absolute Gasteiger partial charge is 0.508 e. The summed E-state index contributed by atoms with van der Waals surface area (Å²) < 4.78 is 27.0. The number of benzene rings is 2. The van der Waals surface area contributed by atoms with E-state index in [0.29, 0.717) is 6.42 Å². The second kappa shape index (κ2) is 16.4. The van der Waals surface area contributed by atoms with Crippen LogP contribution in [0.2, 0.25) is 0 Å². The van der Waals surface area contributed by atoms with Crippen molar-refractivity contribution in [2.75, 3.05) is 18.8 Å². The molecule has 0 spiro atoms. The number of aromatic hydroxyl groups is 1. The molecule has 0 heterocycles. The van der Waals surface area contributed by atoms with E-state index >= 15 is 0 Å². The van der Waals surface area contributed by atoms with Gasteiger partial charge in [0, 0.05) is 13.0 Å². The van der Waals surface area contributed by atoms with Crippen LogP contribution in [-0.4, -0.2) is 74.1 Å². The minimum absolute atomic E-state index is 0.0687. The van der Waals surface area contributed by atoms with Crippen LogP contribution in [0.3, 0.4) is 0 Å². The molecule has 42 heavy (non-hydrogen) atoms. The van der Waals surface area contributed by atoms with Crippen LogP contribution in [0.25, 0.3) is 0 Å². The zero-order valence-electron chi connectivity index (χ0n) is 23.7. The van der Waals surface area contributed by atoms with E-state index in [2.05, 4.69) is 20.7 Å². The number of nitrogens with one attached hydrogen (secondary N) is 4. The van der Waals surface area contributed by atoms with Crippen molar-refractivity contribution in [1.82, 2.24) is 20.7 Å². The molecule has 0 aliphatic carbocycles. The minimum Gasteiger partial charge on any atom is -0.508 e. The van der Waals surface area contributed by atoms with Crippen molar-refractivity contribution in [3.8, 4) is 5.75 Å². The van der Waals surface area contributed by atoms with Gasteiger partial charge in [0.05, 0.1) is 18.3 Å². The van der Waals surface area contributed by atoms with E-state index in [0.717, 1.165) is 11.1 Å². The summed E-state index contributed by atoms with van der Waals surface area (Å²) in [5.41, 5.74) is 12.8. The van der Waals surface area contributed by atoms with Crippen molar-refractivity contribution >= 4 is 33.7 Å². The number of phenols is 1. The summed E-state index contributed by atoms with van der Waals surface area (Å²) in [5, 5.41) is 16.9. The Morgan fingerprint density at radius 2 is 1.48 bits per heavy atom. The molecule has 2 aromatic rings. The van der Waals surface area contributed by atoms with Gasteiger partial charge in [-0.15, -0.1) is 0 Å². The molecular weight excluding hydrogens is 564 g/mol. The second-order valence-corrected chi connectivity index (χ2v) is 12.2. The van der Waals surface area contributed by atoms with Crippen molar-refractivity contribution in [3.63, 3.8) is 0 Å². The maximum Gasteiger partial charge on any atom is 0.243 e. The zero-order chi connectivity index (χ0) is 31.3. The van der Waals surface area contributed by atoms with Crippen LogP contribution >= 0.6 is 0 Å². The average Bonchev–Trinajstić information content (AvgIpc) is 2.92. The van der Waals surface area contributed by atoms with Gasteiger partial charge in [-0.05, 0) is 42.0 Å². The first kappa shape index (κ1) is 34.2.